The number of H-pyrrole nitrogens is 1. The number of imide groups is 1. The number of anilines is 2. The Labute approximate surface area is 219 Å². The van der Waals surface area contributed by atoms with Gasteiger partial charge >= 0.3 is 0 Å². The number of nitrogens with zero attached hydrogens (tertiary/aromatic N) is 4. The molecule has 1 fully saturated rings. The molecule has 3 N–H and O–H groups in total. The fourth-order valence-electron chi connectivity index (χ4n) is 5.01. The van der Waals surface area contributed by atoms with Crippen LogP contribution >= 0.6 is 0 Å². The highest BCUT2D eigenvalue weighted by atomic mass is 16.2. The summed E-state index contributed by atoms with van der Waals surface area (Å²) in [6.45, 7) is 2.80. The molecule has 1 saturated heterocycles. The monoisotopic (exact) mass is 506 g/mol. The number of amides is 3. The first kappa shape index (κ1) is 23.6. The van der Waals surface area contributed by atoms with Crippen LogP contribution in [-0.2, 0) is 0 Å². The molecular formula is C29H26N6O3. The first-order chi connectivity index (χ1) is 18.4. The van der Waals surface area contributed by atoms with E-state index in [4.69, 9.17) is 5.73 Å². The number of nitrogen functional groups attached to an aromatic ring is 1. The van der Waals surface area contributed by atoms with Gasteiger partial charge in [0, 0.05) is 42.8 Å². The van der Waals surface area contributed by atoms with Crippen LogP contribution in [-0.4, -0.2) is 70.9 Å². The van der Waals surface area contributed by atoms with Crippen molar-refractivity contribution < 1.29 is 14.4 Å². The molecule has 9 heteroatoms. The third kappa shape index (κ3) is 3.93. The summed E-state index contributed by atoms with van der Waals surface area (Å²) in [5.41, 5.74) is 9.70. The van der Waals surface area contributed by atoms with Crippen molar-refractivity contribution >= 4 is 52.2 Å². The summed E-state index contributed by atoms with van der Waals surface area (Å²) in [6.07, 6.45) is 3.63. The summed E-state index contributed by atoms with van der Waals surface area (Å²) >= 11 is 0. The molecule has 0 aliphatic carbocycles. The number of hydrogen-bond donors (Lipinski definition) is 2. The molecule has 1 aromatic heterocycles. The van der Waals surface area contributed by atoms with Crippen LogP contribution in [0.3, 0.4) is 0 Å². The molecule has 3 aromatic carbocycles. The van der Waals surface area contributed by atoms with E-state index in [1.165, 1.54) is 0 Å². The van der Waals surface area contributed by atoms with Crippen LogP contribution in [0.5, 0.6) is 0 Å². The van der Waals surface area contributed by atoms with Gasteiger partial charge in [-0.25, -0.2) is 4.90 Å². The number of nitrogens with one attached hydrogen (secondary N) is 1. The number of fused-ring (bicyclic) bond motifs is 2. The number of carbonyl (C=O) groups is 3. The summed E-state index contributed by atoms with van der Waals surface area (Å²) in [5, 5.41) is 8.33. The quantitative estimate of drug-likeness (QED) is 0.323. The second-order valence-corrected chi connectivity index (χ2v) is 9.57. The molecule has 2 aliphatic heterocycles. The average molecular weight is 507 g/mol. The Balaban J connectivity index is 1.43. The summed E-state index contributed by atoms with van der Waals surface area (Å²) in [4.78, 5) is 45.4. The van der Waals surface area contributed by atoms with Gasteiger partial charge in [0.15, 0.2) is 0 Å². The Morgan fingerprint density at radius 1 is 0.947 bits per heavy atom. The predicted molar refractivity (Wildman–Crippen MR) is 147 cm³/mol. The van der Waals surface area contributed by atoms with Crippen molar-refractivity contribution in [1.82, 2.24) is 20.0 Å². The minimum Gasteiger partial charge on any atom is -0.398 e. The second-order valence-electron chi connectivity index (χ2n) is 9.57. The molecule has 0 atom stereocenters. The Bertz CT molecular complexity index is 1630. The van der Waals surface area contributed by atoms with Gasteiger partial charge in [-0.1, -0.05) is 36.4 Å². The van der Waals surface area contributed by atoms with Gasteiger partial charge in [-0.05, 0) is 49.0 Å². The van der Waals surface area contributed by atoms with Crippen molar-refractivity contribution in [2.45, 2.75) is 0 Å². The molecule has 0 spiro atoms. The number of rotatable bonds is 4. The van der Waals surface area contributed by atoms with E-state index in [0.717, 1.165) is 34.6 Å². The van der Waals surface area contributed by atoms with E-state index in [-0.39, 0.29) is 22.7 Å². The van der Waals surface area contributed by atoms with E-state index in [1.54, 1.807) is 47.4 Å². The number of likely N-dealkylation sites (N-methyl/N-ethyl adjacent to an activating group) is 1. The predicted octanol–water partition coefficient (Wildman–Crippen LogP) is 3.50. The summed E-state index contributed by atoms with van der Waals surface area (Å²) in [5.74, 6) is -1.11. The standard InChI is InChI=1S/C29H26N6O3/c1-33-13-15-34(16-14-33)27(36)19-10-9-18(11-12-24-20-5-2-3-8-23(20)31-32-24)25(17-19)35-28(37)21-6-4-7-22(30)26(21)29(35)38/h2-12,17H,13-16,30H2,1H3,(H,31,32). The lowest BCUT2D eigenvalue weighted by molar-refractivity contribution is 0.0663. The van der Waals surface area contributed by atoms with Gasteiger partial charge in [0.25, 0.3) is 17.7 Å². The molecular weight excluding hydrogens is 480 g/mol. The zero-order valence-electron chi connectivity index (χ0n) is 20.8. The molecule has 0 unspecified atom stereocenters. The van der Waals surface area contributed by atoms with Crippen molar-refractivity contribution in [2.24, 2.45) is 0 Å². The molecule has 4 aromatic rings. The molecule has 3 amide bonds. The lowest BCUT2D eigenvalue weighted by Gasteiger charge is -2.32. The summed E-state index contributed by atoms with van der Waals surface area (Å²) in [6, 6.07) is 17.7. The maximum atomic E-state index is 13.5. The maximum absolute atomic E-state index is 13.5. The molecule has 0 saturated carbocycles. The molecule has 38 heavy (non-hydrogen) atoms. The number of carbonyl (C=O) groups excluding carboxylic acids is 3. The number of hydrogen-bond acceptors (Lipinski definition) is 6. The van der Waals surface area contributed by atoms with Gasteiger partial charge in [-0.15, -0.1) is 0 Å². The highest BCUT2D eigenvalue weighted by molar-refractivity contribution is 6.36. The second kappa shape index (κ2) is 9.28. The third-order valence-corrected chi connectivity index (χ3v) is 7.18. The number of nitrogens with two attached hydrogens (primary N) is 1. The molecule has 3 heterocycles. The molecule has 0 bridgehead atoms. The van der Waals surface area contributed by atoms with Gasteiger partial charge in [0.1, 0.15) is 0 Å². The van der Waals surface area contributed by atoms with Crippen LogP contribution in [0.4, 0.5) is 11.4 Å². The molecule has 9 nitrogen and oxygen atoms in total. The summed E-state index contributed by atoms with van der Waals surface area (Å²) in [7, 11) is 2.03. The van der Waals surface area contributed by atoms with E-state index in [1.807, 2.05) is 37.4 Å². The number of aromatic amines is 1. The maximum Gasteiger partial charge on any atom is 0.268 e. The Morgan fingerprint density at radius 2 is 1.74 bits per heavy atom. The number of aromatic nitrogens is 2. The van der Waals surface area contributed by atoms with Crippen molar-refractivity contribution in [3.8, 4) is 0 Å². The van der Waals surface area contributed by atoms with Crippen LogP contribution in [0, 0.1) is 0 Å². The lowest BCUT2D eigenvalue weighted by Crippen LogP contribution is -2.47. The lowest BCUT2D eigenvalue weighted by atomic mass is 10.0. The van der Waals surface area contributed by atoms with Crippen LogP contribution < -0.4 is 10.6 Å². The topological polar surface area (TPSA) is 116 Å². The van der Waals surface area contributed by atoms with Gasteiger partial charge in [0.2, 0.25) is 0 Å². The zero-order chi connectivity index (χ0) is 26.4. The number of piperazine rings is 1. The number of para-hydroxylation sites is 1. The average Bonchev–Trinajstić information content (AvgIpc) is 3.46. The normalized spacial score (nSPS) is 16.1. The minimum absolute atomic E-state index is 0.135. The first-order valence-corrected chi connectivity index (χ1v) is 12.4. The molecule has 190 valence electrons. The Hall–Kier alpha value is -4.76. The Morgan fingerprint density at radius 3 is 2.53 bits per heavy atom. The molecule has 2 aliphatic rings. The van der Waals surface area contributed by atoms with Gasteiger partial charge in [0.05, 0.1) is 28.0 Å². The van der Waals surface area contributed by atoms with Crippen LogP contribution in [0.1, 0.15) is 42.3 Å². The van der Waals surface area contributed by atoms with E-state index < -0.39 is 11.8 Å². The largest absolute Gasteiger partial charge is 0.398 e. The van der Waals surface area contributed by atoms with Crippen molar-refractivity contribution in [2.75, 3.05) is 43.9 Å². The Kier molecular flexibility index (Phi) is 5.77. The molecule has 6 rings (SSSR count). The zero-order valence-corrected chi connectivity index (χ0v) is 20.8. The van der Waals surface area contributed by atoms with Crippen molar-refractivity contribution in [3.63, 3.8) is 0 Å². The highest BCUT2D eigenvalue weighted by Gasteiger charge is 2.39. The van der Waals surface area contributed by atoms with Gasteiger partial charge in [-0.3, -0.25) is 19.5 Å². The fourth-order valence-corrected chi connectivity index (χ4v) is 5.01. The molecule has 0 radical (unpaired) electrons. The van der Waals surface area contributed by atoms with Crippen molar-refractivity contribution in [3.05, 3.63) is 88.6 Å². The smallest absolute Gasteiger partial charge is 0.268 e. The van der Waals surface area contributed by atoms with Gasteiger partial charge in [-0.2, -0.15) is 5.10 Å². The van der Waals surface area contributed by atoms with Crippen LogP contribution in [0.25, 0.3) is 23.1 Å². The minimum atomic E-state index is -0.507. The first-order valence-electron chi connectivity index (χ1n) is 12.4. The van der Waals surface area contributed by atoms with Crippen molar-refractivity contribution in [1.29, 1.82) is 0 Å². The SMILES string of the molecule is CN1CCN(C(=O)c2ccc(C=Cc3n[nH]c4ccccc34)c(N3C(=O)c4cccc(N)c4C3=O)c2)CC1. The van der Waals surface area contributed by atoms with E-state index in [9.17, 15) is 14.4 Å². The van der Waals surface area contributed by atoms with E-state index >= 15 is 0 Å². The summed E-state index contributed by atoms with van der Waals surface area (Å²) < 4.78 is 0. The fraction of sp³-hybridized carbons (Fsp3) is 0.172. The third-order valence-electron chi connectivity index (χ3n) is 7.18. The highest BCUT2D eigenvalue weighted by Crippen LogP contribution is 2.35. The van der Waals surface area contributed by atoms with E-state index in [0.29, 0.717) is 29.9 Å². The van der Waals surface area contributed by atoms with E-state index in [2.05, 4.69) is 15.1 Å². The van der Waals surface area contributed by atoms with Crippen LogP contribution in [0.2, 0.25) is 0 Å². The van der Waals surface area contributed by atoms with Gasteiger partial charge < -0.3 is 15.5 Å². The van der Waals surface area contributed by atoms with Crippen LogP contribution in [0.15, 0.2) is 60.7 Å². The number of benzene rings is 3.